The van der Waals surface area contributed by atoms with Crippen LogP contribution in [-0.2, 0) is 66.5 Å². The number of nitrogens with one attached hydrogen (secondary N) is 4. The zero-order chi connectivity index (χ0) is 64.9. The highest BCUT2D eigenvalue weighted by atomic mass is 33.5. The van der Waals surface area contributed by atoms with Crippen LogP contribution < -0.4 is 30.9 Å². The first-order chi connectivity index (χ1) is 42.5. The zero-order valence-corrected chi connectivity index (χ0v) is 54.6. The Kier molecular flexibility index (Phi) is 26.9. The molecule has 4 aliphatic heterocycles. The highest BCUT2D eigenvalue weighted by Gasteiger charge is 2.57. The van der Waals surface area contributed by atoms with Gasteiger partial charge < -0.3 is 92.6 Å². The maximum atomic E-state index is 15.6. The van der Waals surface area contributed by atoms with Crippen molar-refractivity contribution in [3.05, 3.63) is 65.1 Å². The van der Waals surface area contributed by atoms with Gasteiger partial charge in [0, 0.05) is 61.4 Å². The van der Waals surface area contributed by atoms with E-state index in [1.54, 1.807) is 20.1 Å². The molecule has 30 heteroatoms. The summed E-state index contributed by atoms with van der Waals surface area (Å²) in [6, 6.07) is 1.39. The zero-order valence-electron chi connectivity index (χ0n) is 51.4. The van der Waals surface area contributed by atoms with Crippen LogP contribution in [0.4, 0.5) is 10.5 Å². The molecular weight excluding hydrogens is 1240 g/mol. The van der Waals surface area contributed by atoms with Gasteiger partial charge in [0.1, 0.15) is 30.5 Å². The van der Waals surface area contributed by atoms with Gasteiger partial charge in [-0.2, -0.15) is 17.2 Å². The molecule has 1 aromatic rings. The summed E-state index contributed by atoms with van der Waals surface area (Å²) in [4.78, 5) is 62.5. The molecule has 4 saturated heterocycles. The molecule has 89 heavy (non-hydrogen) atoms. The lowest BCUT2D eigenvalue weighted by Gasteiger charge is -2.47. The van der Waals surface area contributed by atoms with Crippen LogP contribution in [-0.4, -0.2) is 226 Å². The molecule has 0 spiro atoms. The fraction of sp³-hybridized carbons (Fsp3) is 0.627. The Morgan fingerprint density at radius 1 is 0.854 bits per heavy atom. The summed E-state index contributed by atoms with van der Waals surface area (Å²) in [5.41, 5.74) is -0.949. The SMILES string of the molecule is C=C(OC)C(=O)Nc1cc(OC)c(OC)cc1C(=O)O[C@H]1C[C@H](O[C@@H]2C(=O)C(NC(=O)OC)=C3C(=CCSSSC)[C@]2(O)C#CC=CC#C[C@@H]3O[C@@H]2O[C@H](C)[C@@H](NO[C@H]3C[C@H](O)[C@H](SC)[C@@H](C)O3)[C@H](O)C2O[C@H]2C[C@H](OC)[C@@H](NC(C)C)CO2)O[C@@H](C)[C@@H]1O. The monoisotopic (exact) mass is 1320 g/mol. The van der Waals surface area contributed by atoms with Gasteiger partial charge in [0.2, 0.25) is 5.78 Å². The molecule has 1 aromatic carbocycles. The van der Waals surface area contributed by atoms with Gasteiger partial charge in [0.25, 0.3) is 5.91 Å². The number of ketones is 1. The van der Waals surface area contributed by atoms with Gasteiger partial charge in [-0.25, -0.2) is 9.59 Å². The van der Waals surface area contributed by atoms with Crippen LogP contribution in [0.25, 0.3) is 0 Å². The van der Waals surface area contributed by atoms with Crippen molar-refractivity contribution in [3.63, 3.8) is 0 Å². The number of aliphatic hydroxyl groups is 4. The number of amides is 2. The number of carbonyl (C=O) groups excluding carboxylic acids is 4. The summed E-state index contributed by atoms with van der Waals surface area (Å²) in [6.07, 6.45) is -11.7. The van der Waals surface area contributed by atoms with Crippen molar-refractivity contribution in [1.29, 1.82) is 0 Å². The Morgan fingerprint density at radius 2 is 1.56 bits per heavy atom. The average molecular weight is 1330 g/mol. The smallest absolute Gasteiger partial charge is 0.411 e. The number of benzene rings is 1. The molecule has 1 unspecified atom stereocenters. The highest BCUT2D eigenvalue weighted by molar-refractivity contribution is 9.09. The van der Waals surface area contributed by atoms with E-state index in [-0.39, 0.29) is 88.3 Å². The van der Waals surface area contributed by atoms with Gasteiger partial charge in [-0.1, -0.05) is 71.8 Å². The summed E-state index contributed by atoms with van der Waals surface area (Å²) in [5.74, 6) is 8.60. The number of fused-ring (bicyclic) bond motifs is 2. The van der Waals surface area contributed by atoms with Gasteiger partial charge in [-0.15, -0.1) is 0 Å². The third-order valence-electron chi connectivity index (χ3n) is 15.2. The summed E-state index contributed by atoms with van der Waals surface area (Å²) in [5, 5.41) is 56.8. The predicted molar refractivity (Wildman–Crippen MR) is 330 cm³/mol. The van der Waals surface area contributed by atoms with Gasteiger partial charge >= 0.3 is 12.1 Å². The van der Waals surface area contributed by atoms with Crippen molar-refractivity contribution in [1.82, 2.24) is 16.1 Å². The molecule has 19 atom stereocenters. The molecule has 2 aliphatic carbocycles. The topological polar surface area (TPSA) is 327 Å². The number of thioether (sulfide) groups is 1. The van der Waals surface area contributed by atoms with Gasteiger partial charge in [0.15, 0.2) is 54.1 Å². The second kappa shape index (κ2) is 33.3. The van der Waals surface area contributed by atoms with Gasteiger partial charge in [-0.3, -0.25) is 19.7 Å². The lowest BCUT2D eigenvalue weighted by Crippen LogP contribution is -2.65. The third kappa shape index (κ3) is 17.6. The number of anilines is 1. The number of hydroxylamine groups is 1. The summed E-state index contributed by atoms with van der Waals surface area (Å²) >= 11 is 1.47. The van der Waals surface area contributed by atoms with E-state index in [4.69, 9.17) is 66.4 Å². The number of allylic oxidation sites excluding steroid dienone is 2. The predicted octanol–water partition coefficient (Wildman–Crippen LogP) is 3.42. The lowest BCUT2D eigenvalue weighted by molar-refractivity contribution is -0.336. The van der Waals surface area contributed by atoms with Crippen molar-refractivity contribution in [2.75, 3.05) is 65.7 Å². The van der Waals surface area contributed by atoms with Crippen LogP contribution in [0.5, 0.6) is 11.5 Å². The van der Waals surface area contributed by atoms with Gasteiger partial charge in [0.05, 0.1) is 99.8 Å². The Hall–Kier alpha value is -4.62. The molecular formula is C59H80N4O22S4. The number of Topliss-reactive ketones (excluding diaryl/α,β-unsaturated/α-hetero) is 1. The van der Waals surface area contributed by atoms with Crippen molar-refractivity contribution in [2.24, 2.45) is 0 Å². The van der Waals surface area contributed by atoms with Crippen molar-refractivity contribution >= 4 is 72.6 Å². The molecule has 492 valence electrons. The number of esters is 1. The highest BCUT2D eigenvalue weighted by Crippen LogP contribution is 2.44. The van der Waals surface area contributed by atoms with Crippen LogP contribution in [0.1, 0.15) is 64.2 Å². The first kappa shape index (κ1) is 71.8. The first-order valence-electron chi connectivity index (χ1n) is 28.4. The summed E-state index contributed by atoms with van der Waals surface area (Å²) in [7, 11) is 10.8. The van der Waals surface area contributed by atoms with E-state index in [0.29, 0.717) is 0 Å². The van der Waals surface area contributed by atoms with Crippen molar-refractivity contribution < 1.29 is 106 Å². The van der Waals surface area contributed by atoms with Crippen LogP contribution in [0.3, 0.4) is 0 Å². The lowest BCUT2D eigenvalue weighted by atomic mass is 9.73. The quantitative estimate of drug-likeness (QED) is 0.0132. The molecule has 0 aromatic heterocycles. The Labute approximate surface area is 533 Å². The van der Waals surface area contributed by atoms with E-state index >= 15 is 4.79 Å². The second-order valence-corrected chi connectivity index (χ2v) is 26.8. The Bertz CT molecular complexity index is 2890. The molecule has 26 nitrogen and oxygen atoms in total. The fourth-order valence-electron chi connectivity index (χ4n) is 10.8. The number of methoxy groups -OCH3 is 5. The normalized spacial score (nSPS) is 34.1. The molecule has 4 heterocycles. The first-order valence-corrected chi connectivity index (χ1v) is 33.8. The van der Waals surface area contributed by atoms with Gasteiger partial charge in [-0.05, 0) is 55.3 Å². The maximum absolute atomic E-state index is 15.6. The van der Waals surface area contributed by atoms with Crippen molar-refractivity contribution in [3.8, 4) is 35.2 Å². The minimum absolute atomic E-state index is 0.0843. The molecule has 8 N–H and O–H groups in total. The molecule has 0 saturated carbocycles. The fourth-order valence-corrected chi connectivity index (χ4v) is 14.1. The van der Waals surface area contributed by atoms with E-state index in [1.165, 1.54) is 95.7 Å². The van der Waals surface area contributed by atoms with E-state index in [1.807, 2.05) is 33.3 Å². The van der Waals surface area contributed by atoms with Crippen LogP contribution in [0, 0.1) is 23.7 Å². The minimum atomic E-state index is -2.66. The Morgan fingerprint density at radius 3 is 2.22 bits per heavy atom. The number of hydrogen-bond donors (Lipinski definition) is 8. The number of rotatable bonds is 25. The van der Waals surface area contributed by atoms with E-state index in [0.717, 1.165) is 7.11 Å². The van der Waals surface area contributed by atoms with Crippen LogP contribution in [0.2, 0.25) is 0 Å². The largest absolute Gasteiger partial charge is 0.493 e. The third-order valence-corrected chi connectivity index (χ3v) is 20.2. The Balaban J connectivity index is 1.27. The van der Waals surface area contributed by atoms with Crippen LogP contribution in [0.15, 0.2) is 59.5 Å². The summed E-state index contributed by atoms with van der Waals surface area (Å²) < 4.78 is 77.9. The molecule has 7 rings (SSSR count). The van der Waals surface area contributed by atoms with Crippen LogP contribution >= 0.6 is 43.2 Å². The average Bonchev–Trinajstić information content (AvgIpc) is 0.971. The molecule has 4 fully saturated rings. The standard InChI is InChI=1S/C59H80N4O22S4/c1-28(2)60-36-27-77-43(25-39(36)73-8)83-52-50(66)47(63-85-45-24-37(64)53(86-12)31(5)79-45)29(3)80-57(52)82-38-18-16-14-15-17-20-59(71)34(19-21-88-89-87-13)46(38)48(62-58(70)76-11)51(67)54(59)84-44-26-42(49(65)30(4)78-44)81-56(69)33-22-40(74-9)41(75-10)23-35(33)61-55(68)32(6)72-7/h14-15,19,22-23,28-31,36-39,42-45,47,49-50,52-54,57,60,63-66,71H,6,21,24-27H2,1-5,7-13H3,(H,61,68)(H,62,70)/t29-,30+,31-,36+,37+,38+,39+,42+,43+,44+,45+,47-,49+,50+,52?,53-,54-,57+,59-/m1/s1. The van der Waals surface area contributed by atoms with Crippen molar-refractivity contribution in [2.45, 2.75) is 175 Å². The van der Waals surface area contributed by atoms with E-state index < -0.39 is 134 Å². The molecule has 2 bridgehead atoms. The molecule has 2 amide bonds. The second-order valence-electron chi connectivity index (χ2n) is 21.4. The number of alkyl carbamates (subject to hydrolysis) is 1. The molecule has 0 radical (unpaired) electrons. The maximum Gasteiger partial charge on any atom is 0.411 e. The molecule has 6 aliphatic rings. The summed E-state index contributed by atoms with van der Waals surface area (Å²) in [6.45, 7) is 12.6. The van der Waals surface area contributed by atoms with E-state index in [2.05, 4.69) is 51.7 Å². The number of ether oxygens (including phenoxy) is 13. The minimum Gasteiger partial charge on any atom is -0.493 e. The number of hydrogen-bond acceptors (Lipinski definition) is 28. The van der Waals surface area contributed by atoms with E-state index in [9.17, 15) is 34.8 Å². The number of aliphatic hydroxyl groups excluding tert-OH is 3. The number of carbonyl (C=O) groups is 4.